The number of halogens is 1. The molecular formula is C25H37FN6OS. The van der Waals surface area contributed by atoms with Crippen LogP contribution in [0.4, 0.5) is 15.8 Å². The Hall–Kier alpha value is -1.97. The highest BCUT2D eigenvalue weighted by Crippen LogP contribution is 2.31. The number of likely N-dealkylation sites (tertiary alicyclic amines) is 2. The number of nitrogens with two attached hydrogens (primary N) is 1. The molecule has 1 aromatic rings. The van der Waals surface area contributed by atoms with E-state index in [4.69, 9.17) is 5.73 Å². The third kappa shape index (κ3) is 6.17. The number of amidine groups is 1. The maximum Gasteiger partial charge on any atom is 0.148 e. The van der Waals surface area contributed by atoms with Gasteiger partial charge in [0.15, 0.2) is 0 Å². The van der Waals surface area contributed by atoms with E-state index >= 15 is 0 Å². The van der Waals surface area contributed by atoms with Crippen molar-refractivity contribution in [3.63, 3.8) is 0 Å². The summed E-state index contributed by atoms with van der Waals surface area (Å²) in [6.07, 6.45) is 5.36. The normalized spacial score (nSPS) is 22.1. The van der Waals surface area contributed by atoms with Gasteiger partial charge in [-0.15, -0.1) is 4.91 Å². The van der Waals surface area contributed by atoms with E-state index in [0.29, 0.717) is 28.9 Å². The number of nitrogens with zero attached hydrogens (tertiary/aromatic N) is 5. The fraction of sp³-hybridized carbons (Fsp3) is 0.640. The fourth-order valence-electron chi connectivity index (χ4n) is 5.22. The zero-order chi connectivity index (χ0) is 24.1. The molecule has 0 aliphatic carbocycles. The smallest absolute Gasteiger partial charge is 0.148 e. The number of thioether (sulfide) groups is 1. The van der Waals surface area contributed by atoms with Gasteiger partial charge in [0.2, 0.25) is 0 Å². The van der Waals surface area contributed by atoms with E-state index in [-0.39, 0.29) is 11.5 Å². The van der Waals surface area contributed by atoms with Crippen molar-refractivity contribution in [1.29, 1.82) is 0 Å². The largest absolute Gasteiger partial charge is 0.386 e. The highest BCUT2D eigenvalue weighted by atomic mass is 32.2. The van der Waals surface area contributed by atoms with E-state index in [0.717, 1.165) is 70.0 Å². The summed E-state index contributed by atoms with van der Waals surface area (Å²) in [5.74, 6) is 1.13. The SMILES string of the molecule is C=C(CC)/N=C(\N)CSC1CCN(C2CN(C3CCN(c4ccc(N=O)cc4F)CC3)C2)CC1. The first kappa shape index (κ1) is 25.1. The first-order valence-electron chi connectivity index (χ1n) is 12.4. The molecule has 34 heavy (non-hydrogen) atoms. The van der Waals surface area contributed by atoms with Crippen LogP contribution in [0.3, 0.4) is 0 Å². The molecule has 0 bridgehead atoms. The Morgan fingerprint density at radius 2 is 1.82 bits per heavy atom. The van der Waals surface area contributed by atoms with Crippen molar-refractivity contribution < 1.29 is 4.39 Å². The number of nitroso groups, excluding NO2 is 1. The molecule has 0 aromatic heterocycles. The monoisotopic (exact) mass is 488 g/mol. The molecule has 2 N–H and O–H groups in total. The second-order valence-electron chi connectivity index (χ2n) is 9.62. The highest BCUT2D eigenvalue weighted by molar-refractivity contribution is 8.00. The Labute approximate surface area is 206 Å². The third-order valence-corrected chi connectivity index (χ3v) is 8.82. The first-order chi connectivity index (χ1) is 16.5. The first-order valence-corrected chi connectivity index (χ1v) is 13.5. The van der Waals surface area contributed by atoms with Gasteiger partial charge in [0, 0.05) is 55.3 Å². The van der Waals surface area contributed by atoms with Crippen molar-refractivity contribution in [2.45, 2.75) is 56.4 Å². The lowest BCUT2D eigenvalue weighted by atomic mass is 9.95. The molecule has 9 heteroatoms. The van der Waals surface area contributed by atoms with Gasteiger partial charge in [-0.2, -0.15) is 11.8 Å². The predicted octanol–water partition coefficient (Wildman–Crippen LogP) is 4.36. The van der Waals surface area contributed by atoms with E-state index in [2.05, 4.69) is 31.4 Å². The summed E-state index contributed by atoms with van der Waals surface area (Å²) in [6.45, 7) is 12.3. The highest BCUT2D eigenvalue weighted by Gasteiger charge is 2.38. The Morgan fingerprint density at radius 1 is 1.12 bits per heavy atom. The van der Waals surface area contributed by atoms with E-state index in [1.165, 1.54) is 18.9 Å². The summed E-state index contributed by atoms with van der Waals surface area (Å²) < 4.78 is 14.3. The summed E-state index contributed by atoms with van der Waals surface area (Å²) in [5.41, 5.74) is 7.61. The van der Waals surface area contributed by atoms with Crippen molar-refractivity contribution in [3.8, 4) is 0 Å². The molecule has 3 aliphatic heterocycles. The van der Waals surface area contributed by atoms with Crippen LogP contribution in [-0.2, 0) is 0 Å². The lowest BCUT2D eigenvalue weighted by molar-refractivity contribution is -0.00876. The minimum Gasteiger partial charge on any atom is -0.386 e. The van der Waals surface area contributed by atoms with Gasteiger partial charge in [0.25, 0.3) is 0 Å². The molecule has 0 spiro atoms. The van der Waals surface area contributed by atoms with E-state index in [9.17, 15) is 9.30 Å². The number of hydrogen-bond donors (Lipinski definition) is 1. The van der Waals surface area contributed by atoms with Gasteiger partial charge in [-0.1, -0.05) is 13.5 Å². The molecule has 0 unspecified atom stereocenters. The molecule has 186 valence electrons. The topological polar surface area (TPSA) is 77.5 Å². The minimum absolute atomic E-state index is 0.140. The summed E-state index contributed by atoms with van der Waals surface area (Å²) in [6, 6.07) is 5.74. The van der Waals surface area contributed by atoms with E-state index in [1.54, 1.807) is 12.1 Å². The van der Waals surface area contributed by atoms with Crippen LogP contribution in [0.2, 0.25) is 0 Å². The van der Waals surface area contributed by atoms with Crippen molar-refractivity contribution >= 4 is 29.0 Å². The molecule has 1 aromatic carbocycles. The quantitative estimate of drug-likeness (QED) is 0.316. The Bertz CT molecular complexity index is 889. The molecule has 0 radical (unpaired) electrons. The maximum atomic E-state index is 14.3. The molecule has 0 saturated carbocycles. The van der Waals surface area contributed by atoms with Crippen molar-refractivity contribution in [1.82, 2.24) is 9.80 Å². The molecular weight excluding hydrogens is 451 g/mol. The van der Waals surface area contributed by atoms with Crippen LogP contribution in [0, 0.1) is 10.7 Å². The molecule has 0 amide bonds. The summed E-state index contributed by atoms with van der Waals surface area (Å²) >= 11 is 1.94. The molecule has 7 nitrogen and oxygen atoms in total. The van der Waals surface area contributed by atoms with Crippen LogP contribution in [-0.4, -0.2) is 78.0 Å². The summed E-state index contributed by atoms with van der Waals surface area (Å²) in [7, 11) is 0. The fourth-order valence-corrected chi connectivity index (χ4v) is 6.24. The van der Waals surface area contributed by atoms with Gasteiger partial charge >= 0.3 is 0 Å². The molecule has 3 aliphatic rings. The van der Waals surface area contributed by atoms with Crippen molar-refractivity contribution in [3.05, 3.63) is 41.2 Å². The molecule has 3 heterocycles. The van der Waals surface area contributed by atoms with Crippen LogP contribution >= 0.6 is 11.8 Å². The Balaban J connectivity index is 1.14. The van der Waals surface area contributed by atoms with Crippen LogP contribution in [0.5, 0.6) is 0 Å². The lowest BCUT2D eigenvalue weighted by Gasteiger charge is -2.52. The van der Waals surface area contributed by atoms with Gasteiger partial charge in [0.05, 0.1) is 11.4 Å². The molecule has 3 saturated heterocycles. The number of aliphatic imine (C=N–C) groups is 1. The van der Waals surface area contributed by atoms with Gasteiger partial charge in [-0.05, 0) is 62.5 Å². The van der Waals surface area contributed by atoms with E-state index in [1.807, 2.05) is 18.7 Å². The summed E-state index contributed by atoms with van der Waals surface area (Å²) in [5, 5.41) is 3.48. The van der Waals surface area contributed by atoms with Gasteiger partial charge < -0.3 is 10.6 Å². The van der Waals surface area contributed by atoms with Crippen molar-refractivity contribution in [2.75, 3.05) is 49.9 Å². The molecule has 3 fully saturated rings. The molecule has 4 rings (SSSR count). The lowest BCUT2D eigenvalue weighted by Crippen LogP contribution is -2.64. The third-order valence-electron chi connectivity index (χ3n) is 7.42. The number of hydrogen-bond acceptors (Lipinski definition) is 7. The van der Waals surface area contributed by atoms with Gasteiger partial charge in [0.1, 0.15) is 17.3 Å². The standard InChI is InChI=1S/C25H37FN6OS/c1-3-18(2)28-25(27)17-34-22-8-12-30(13-9-22)21-15-32(16-21)20-6-10-31(11-7-20)24-5-4-19(29-33)14-23(24)26/h4-5,14,20-22H,2-3,6-13,15-17H2,1H3,(H2,27,28). The van der Waals surface area contributed by atoms with Crippen LogP contribution in [0.25, 0.3) is 0 Å². The minimum atomic E-state index is -0.359. The summed E-state index contributed by atoms with van der Waals surface area (Å²) in [4.78, 5) is 22.3. The second-order valence-corrected chi connectivity index (χ2v) is 10.9. The predicted molar refractivity (Wildman–Crippen MR) is 141 cm³/mol. The van der Waals surface area contributed by atoms with Gasteiger partial charge in [-0.25, -0.2) is 9.38 Å². The zero-order valence-electron chi connectivity index (χ0n) is 20.2. The number of piperidine rings is 2. The van der Waals surface area contributed by atoms with Crippen LogP contribution in [0.1, 0.15) is 39.0 Å². The Morgan fingerprint density at radius 3 is 2.44 bits per heavy atom. The number of benzene rings is 1. The number of rotatable bonds is 9. The van der Waals surface area contributed by atoms with Gasteiger partial charge in [-0.3, -0.25) is 9.80 Å². The van der Waals surface area contributed by atoms with Crippen molar-refractivity contribution in [2.24, 2.45) is 15.9 Å². The maximum absolute atomic E-state index is 14.3. The zero-order valence-corrected chi connectivity index (χ0v) is 21.0. The Kier molecular flexibility index (Phi) is 8.60. The number of anilines is 1. The average molecular weight is 489 g/mol. The van der Waals surface area contributed by atoms with Crippen LogP contribution < -0.4 is 10.6 Å². The second kappa shape index (κ2) is 11.6. The molecule has 0 atom stereocenters. The van der Waals surface area contributed by atoms with Crippen LogP contribution in [0.15, 0.2) is 40.6 Å². The number of allylic oxidation sites excluding steroid dienone is 1. The van der Waals surface area contributed by atoms with E-state index < -0.39 is 0 Å². The average Bonchev–Trinajstić information content (AvgIpc) is 2.83.